The van der Waals surface area contributed by atoms with Crippen molar-refractivity contribution < 1.29 is 13.8 Å². The molecule has 0 aliphatic heterocycles. The first-order valence-electron chi connectivity index (χ1n) is 9.13. The van der Waals surface area contributed by atoms with Gasteiger partial charge < -0.3 is 10.2 Å². The number of rotatable bonds is 7. The number of aromatic nitrogens is 5. The van der Waals surface area contributed by atoms with Crippen LogP contribution >= 0.6 is 11.8 Å². The van der Waals surface area contributed by atoms with E-state index in [1.54, 1.807) is 12.1 Å². The quantitative estimate of drug-likeness (QED) is 0.252. The van der Waals surface area contributed by atoms with Crippen molar-refractivity contribution in [3.8, 4) is 5.82 Å². The number of carbonyl (C=O) groups excluding carboxylic acids is 1. The number of hydrogen-bond donors (Lipinski definition) is 2. The predicted molar refractivity (Wildman–Crippen MR) is 113 cm³/mol. The molecule has 0 radical (unpaired) electrons. The standard InChI is InChI=1S/C19H18N8O3S/c1-11-3-7-14(8-4-11)31-10-15-16(22-26-27(15)18-17(20)24-30-25-18)19(28)23-21-9-13-6-5-12(2)29-13/h3-9H,10H2,1-2H3,(H2,20,24)(H,23,28)/b21-9+. The molecule has 0 aliphatic rings. The third-order valence-electron chi connectivity index (χ3n) is 4.19. The summed E-state index contributed by atoms with van der Waals surface area (Å²) >= 11 is 1.51. The van der Waals surface area contributed by atoms with Crippen LogP contribution in [0.2, 0.25) is 0 Å². The first-order valence-corrected chi connectivity index (χ1v) is 10.1. The number of carbonyl (C=O) groups is 1. The lowest BCUT2D eigenvalue weighted by Crippen LogP contribution is -2.20. The van der Waals surface area contributed by atoms with E-state index in [9.17, 15) is 4.79 Å². The van der Waals surface area contributed by atoms with E-state index in [0.717, 1.165) is 16.2 Å². The molecule has 158 valence electrons. The molecule has 0 bridgehead atoms. The van der Waals surface area contributed by atoms with Crippen LogP contribution in [0.3, 0.4) is 0 Å². The van der Waals surface area contributed by atoms with Gasteiger partial charge >= 0.3 is 0 Å². The zero-order valence-corrected chi connectivity index (χ0v) is 17.5. The second kappa shape index (κ2) is 8.83. The van der Waals surface area contributed by atoms with Gasteiger partial charge in [0.25, 0.3) is 5.91 Å². The summed E-state index contributed by atoms with van der Waals surface area (Å²) in [5.74, 6) is 1.26. The SMILES string of the molecule is Cc1ccc(SCc2c(C(=O)N/N=C/c3ccc(C)o3)nnn2-c2nonc2N)cc1. The van der Waals surface area contributed by atoms with Crippen molar-refractivity contribution in [2.75, 3.05) is 5.73 Å². The van der Waals surface area contributed by atoms with Gasteiger partial charge in [-0.15, -0.1) is 16.9 Å². The fourth-order valence-electron chi connectivity index (χ4n) is 2.63. The van der Waals surface area contributed by atoms with Gasteiger partial charge in [0.15, 0.2) is 5.69 Å². The Kier molecular flexibility index (Phi) is 5.80. The highest BCUT2D eigenvalue weighted by Crippen LogP contribution is 2.26. The zero-order chi connectivity index (χ0) is 21.8. The molecule has 4 rings (SSSR count). The summed E-state index contributed by atoms with van der Waals surface area (Å²) in [5.41, 5.74) is 9.93. The molecule has 1 amide bonds. The second-order valence-electron chi connectivity index (χ2n) is 6.52. The number of nitrogens with two attached hydrogens (primary N) is 1. The van der Waals surface area contributed by atoms with Crippen molar-refractivity contribution in [1.82, 2.24) is 30.7 Å². The zero-order valence-electron chi connectivity index (χ0n) is 16.6. The maximum Gasteiger partial charge on any atom is 0.293 e. The number of nitrogens with zero attached hydrogens (tertiary/aromatic N) is 6. The Hall–Kier alpha value is -3.93. The Bertz CT molecular complexity index is 1230. The topological polar surface area (TPSA) is 150 Å². The lowest BCUT2D eigenvalue weighted by molar-refractivity contribution is 0.0949. The van der Waals surface area contributed by atoms with Gasteiger partial charge in [-0.1, -0.05) is 22.9 Å². The second-order valence-corrected chi connectivity index (χ2v) is 7.57. The maximum atomic E-state index is 12.7. The molecule has 4 aromatic rings. The molecule has 0 spiro atoms. The minimum Gasteiger partial charge on any atom is -0.460 e. The normalized spacial score (nSPS) is 11.3. The number of aryl methyl sites for hydroxylation is 2. The molecular weight excluding hydrogens is 420 g/mol. The Labute approximate surface area is 180 Å². The van der Waals surface area contributed by atoms with Crippen molar-refractivity contribution in [1.29, 1.82) is 0 Å². The average molecular weight is 438 g/mol. The van der Waals surface area contributed by atoms with Gasteiger partial charge in [0.1, 0.15) is 11.5 Å². The fourth-order valence-corrected chi connectivity index (χ4v) is 3.52. The average Bonchev–Trinajstić information content (AvgIpc) is 3.47. The summed E-state index contributed by atoms with van der Waals surface area (Å²) < 4.78 is 11.4. The number of hydrazone groups is 1. The van der Waals surface area contributed by atoms with Gasteiger partial charge in [0.05, 0.1) is 11.9 Å². The van der Waals surface area contributed by atoms with Gasteiger partial charge in [-0.3, -0.25) is 4.79 Å². The molecule has 0 atom stereocenters. The molecule has 0 unspecified atom stereocenters. The van der Waals surface area contributed by atoms with E-state index in [4.69, 9.17) is 10.2 Å². The monoisotopic (exact) mass is 438 g/mol. The first-order chi connectivity index (χ1) is 15.0. The van der Waals surface area contributed by atoms with Crippen molar-refractivity contribution >= 4 is 29.7 Å². The van der Waals surface area contributed by atoms with Crippen LogP contribution in [-0.4, -0.2) is 37.4 Å². The molecule has 11 nitrogen and oxygen atoms in total. The van der Waals surface area contributed by atoms with E-state index in [1.807, 2.05) is 38.1 Å². The van der Waals surface area contributed by atoms with Crippen molar-refractivity contribution in [3.63, 3.8) is 0 Å². The largest absolute Gasteiger partial charge is 0.460 e. The third-order valence-corrected chi connectivity index (χ3v) is 5.21. The molecular formula is C19H18N8O3S. The third kappa shape index (κ3) is 4.64. The smallest absolute Gasteiger partial charge is 0.293 e. The maximum absolute atomic E-state index is 12.7. The predicted octanol–water partition coefficient (Wildman–Crippen LogP) is 2.50. The summed E-state index contributed by atoms with van der Waals surface area (Å²) in [7, 11) is 0. The molecule has 12 heteroatoms. The van der Waals surface area contributed by atoms with Crippen LogP contribution in [0, 0.1) is 13.8 Å². The number of hydrogen-bond acceptors (Lipinski definition) is 10. The number of furan rings is 1. The minimum atomic E-state index is -0.541. The van der Waals surface area contributed by atoms with E-state index >= 15 is 0 Å². The molecule has 0 saturated heterocycles. The molecule has 0 aliphatic carbocycles. The van der Waals surface area contributed by atoms with E-state index in [0.29, 0.717) is 17.2 Å². The number of nitrogen functional groups attached to an aromatic ring is 1. The lowest BCUT2D eigenvalue weighted by atomic mass is 10.2. The molecule has 31 heavy (non-hydrogen) atoms. The summed E-state index contributed by atoms with van der Waals surface area (Å²) in [6.45, 7) is 3.83. The van der Waals surface area contributed by atoms with Crippen molar-refractivity contribution in [2.45, 2.75) is 24.5 Å². The van der Waals surface area contributed by atoms with Crippen molar-refractivity contribution in [3.05, 3.63) is 64.9 Å². The van der Waals surface area contributed by atoms with Crippen LogP contribution < -0.4 is 11.2 Å². The van der Waals surface area contributed by atoms with Crippen LogP contribution in [0.1, 0.15) is 33.3 Å². The number of benzene rings is 1. The van der Waals surface area contributed by atoms with E-state index < -0.39 is 5.91 Å². The van der Waals surface area contributed by atoms with Gasteiger partial charge in [0, 0.05) is 10.6 Å². The van der Waals surface area contributed by atoms with E-state index in [2.05, 4.69) is 35.8 Å². The van der Waals surface area contributed by atoms with Crippen LogP contribution in [0.15, 0.2) is 55.4 Å². The molecule has 3 aromatic heterocycles. The van der Waals surface area contributed by atoms with Gasteiger partial charge in [0.2, 0.25) is 11.6 Å². The van der Waals surface area contributed by atoms with Gasteiger partial charge in [-0.25, -0.2) is 10.1 Å². The Morgan fingerprint density at radius 3 is 2.71 bits per heavy atom. The number of nitrogens with one attached hydrogen (secondary N) is 1. The van der Waals surface area contributed by atoms with Crippen LogP contribution in [-0.2, 0) is 5.75 Å². The Balaban J connectivity index is 1.58. The number of anilines is 1. The summed E-state index contributed by atoms with van der Waals surface area (Å²) in [5, 5.41) is 19.2. The first kappa shape index (κ1) is 20.3. The molecule has 3 N–H and O–H groups in total. The van der Waals surface area contributed by atoms with E-state index in [1.165, 1.54) is 22.7 Å². The van der Waals surface area contributed by atoms with Crippen LogP contribution in [0.25, 0.3) is 5.82 Å². The summed E-state index contributed by atoms with van der Waals surface area (Å²) in [4.78, 5) is 13.7. The molecule has 3 heterocycles. The van der Waals surface area contributed by atoms with Crippen LogP contribution in [0.4, 0.5) is 5.82 Å². The highest BCUT2D eigenvalue weighted by Gasteiger charge is 2.24. The summed E-state index contributed by atoms with van der Waals surface area (Å²) in [6, 6.07) is 11.5. The molecule has 0 fully saturated rings. The minimum absolute atomic E-state index is 0.0321. The molecule has 0 saturated carbocycles. The summed E-state index contributed by atoms with van der Waals surface area (Å²) in [6.07, 6.45) is 1.40. The number of thioether (sulfide) groups is 1. The van der Waals surface area contributed by atoms with Gasteiger partial charge in [-0.05, 0) is 48.4 Å². The Morgan fingerprint density at radius 1 is 1.23 bits per heavy atom. The molecule has 1 aromatic carbocycles. The van der Waals surface area contributed by atoms with Gasteiger partial charge in [-0.2, -0.15) is 9.78 Å². The van der Waals surface area contributed by atoms with Crippen LogP contribution in [0.5, 0.6) is 0 Å². The van der Waals surface area contributed by atoms with E-state index in [-0.39, 0.29) is 17.3 Å². The fraction of sp³-hybridized carbons (Fsp3) is 0.158. The lowest BCUT2D eigenvalue weighted by Gasteiger charge is -2.06. The number of amides is 1. The highest BCUT2D eigenvalue weighted by atomic mass is 32.2. The van der Waals surface area contributed by atoms with Crippen molar-refractivity contribution in [2.24, 2.45) is 5.10 Å². The Morgan fingerprint density at radius 2 is 2.03 bits per heavy atom. The highest BCUT2D eigenvalue weighted by molar-refractivity contribution is 7.98.